The number of H-pyrrole nitrogens is 1. The summed E-state index contributed by atoms with van der Waals surface area (Å²) in [5, 5.41) is 14.2. The maximum atomic E-state index is 12.6. The number of nitrogens with zero attached hydrogens (tertiary/aromatic N) is 2. The first-order valence-corrected chi connectivity index (χ1v) is 8.52. The molecule has 3 rings (SSSR count). The molecular formula is C17H24N4O3. The molecule has 1 aliphatic rings. The van der Waals surface area contributed by atoms with Crippen molar-refractivity contribution in [2.45, 2.75) is 65.7 Å². The molecule has 2 aromatic heterocycles. The number of nitrogens with one attached hydrogen (secondary N) is 2. The number of aryl methyl sites for hydroxylation is 2. The minimum Gasteiger partial charge on any atom is -0.369 e. The van der Waals surface area contributed by atoms with Crippen LogP contribution in [0.5, 0.6) is 0 Å². The van der Waals surface area contributed by atoms with Crippen molar-refractivity contribution in [3.63, 3.8) is 0 Å². The zero-order valence-electron chi connectivity index (χ0n) is 14.6. The van der Waals surface area contributed by atoms with Gasteiger partial charge in [-0.05, 0) is 20.3 Å². The van der Waals surface area contributed by atoms with E-state index in [4.69, 9.17) is 9.26 Å². The molecule has 24 heavy (non-hydrogen) atoms. The Morgan fingerprint density at radius 3 is 2.83 bits per heavy atom. The summed E-state index contributed by atoms with van der Waals surface area (Å²) < 4.78 is 11.1. The topological polar surface area (TPSA) is 93.0 Å². The van der Waals surface area contributed by atoms with Crippen molar-refractivity contribution >= 4 is 5.91 Å². The molecule has 7 heteroatoms. The zero-order chi connectivity index (χ0) is 17.3. The van der Waals surface area contributed by atoms with E-state index in [2.05, 4.69) is 20.7 Å². The van der Waals surface area contributed by atoms with E-state index in [0.717, 1.165) is 41.1 Å². The van der Waals surface area contributed by atoms with Crippen LogP contribution in [0.25, 0.3) is 0 Å². The molecule has 2 aromatic rings. The second-order valence-corrected chi connectivity index (χ2v) is 6.18. The summed E-state index contributed by atoms with van der Waals surface area (Å²) in [5.74, 6) is 0.644. The number of ether oxygens (including phenoxy) is 1. The molecule has 0 aromatic carbocycles. The van der Waals surface area contributed by atoms with E-state index in [1.165, 1.54) is 0 Å². The summed E-state index contributed by atoms with van der Waals surface area (Å²) >= 11 is 0. The van der Waals surface area contributed by atoms with Crippen molar-refractivity contribution in [2.24, 2.45) is 0 Å². The average molecular weight is 332 g/mol. The molecule has 0 saturated heterocycles. The van der Waals surface area contributed by atoms with Gasteiger partial charge in [0, 0.05) is 30.5 Å². The molecular weight excluding hydrogens is 308 g/mol. The fraction of sp³-hybridized carbons (Fsp3) is 0.588. The van der Waals surface area contributed by atoms with Crippen molar-refractivity contribution in [1.29, 1.82) is 0 Å². The van der Waals surface area contributed by atoms with Crippen LogP contribution in [0.3, 0.4) is 0 Å². The van der Waals surface area contributed by atoms with Crippen molar-refractivity contribution in [3.8, 4) is 0 Å². The lowest BCUT2D eigenvalue weighted by molar-refractivity contribution is -0.00697. The lowest BCUT2D eigenvalue weighted by Crippen LogP contribution is -2.27. The van der Waals surface area contributed by atoms with Crippen LogP contribution >= 0.6 is 0 Å². The Hall–Kier alpha value is -2.15. The van der Waals surface area contributed by atoms with Crippen LogP contribution in [0.15, 0.2) is 4.52 Å². The summed E-state index contributed by atoms with van der Waals surface area (Å²) in [6, 6.07) is 0. The molecule has 1 amide bonds. The first kappa shape index (κ1) is 16.7. The number of amides is 1. The summed E-state index contributed by atoms with van der Waals surface area (Å²) in [4.78, 5) is 12.6. The Balaban J connectivity index is 1.76. The van der Waals surface area contributed by atoms with Crippen molar-refractivity contribution in [2.75, 3.05) is 0 Å². The molecule has 0 radical (unpaired) electrons. The maximum absolute atomic E-state index is 12.6. The molecule has 130 valence electrons. The van der Waals surface area contributed by atoms with E-state index in [1.54, 1.807) is 0 Å². The fourth-order valence-corrected chi connectivity index (χ4v) is 3.25. The number of aromatic nitrogens is 3. The van der Waals surface area contributed by atoms with Gasteiger partial charge < -0.3 is 14.6 Å². The predicted molar refractivity (Wildman–Crippen MR) is 87.7 cm³/mol. The second-order valence-electron chi connectivity index (χ2n) is 6.18. The smallest absolute Gasteiger partial charge is 0.272 e. The van der Waals surface area contributed by atoms with Gasteiger partial charge in [-0.25, -0.2) is 0 Å². The highest BCUT2D eigenvalue weighted by Crippen LogP contribution is 2.30. The fourth-order valence-electron chi connectivity index (χ4n) is 3.25. The first-order chi connectivity index (χ1) is 11.5. The molecule has 0 saturated carbocycles. The molecule has 0 spiro atoms. The Bertz CT molecular complexity index is 713. The highest BCUT2D eigenvalue weighted by molar-refractivity contribution is 5.94. The molecule has 1 aliphatic heterocycles. The number of aromatic amines is 1. The molecule has 2 N–H and O–H groups in total. The number of hydrogen-bond donors (Lipinski definition) is 2. The molecule has 7 nitrogen and oxygen atoms in total. The van der Waals surface area contributed by atoms with Gasteiger partial charge in [0.05, 0.1) is 23.6 Å². The van der Waals surface area contributed by atoms with E-state index < -0.39 is 0 Å². The van der Waals surface area contributed by atoms with Crippen LogP contribution in [0.1, 0.15) is 72.6 Å². The third-order valence-electron chi connectivity index (χ3n) is 4.48. The van der Waals surface area contributed by atoms with Crippen LogP contribution in [0.2, 0.25) is 0 Å². The lowest BCUT2D eigenvalue weighted by atomic mass is 9.99. The summed E-state index contributed by atoms with van der Waals surface area (Å²) in [7, 11) is 0. The molecule has 2 atom stereocenters. The van der Waals surface area contributed by atoms with E-state index in [1.807, 2.05) is 27.7 Å². The highest BCUT2D eigenvalue weighted by atomic mass is 16.5. The lowest BCUT2D eigenvalue weighted by Gasteiger charge is -2.25. The number of carbonyl (C=O) groups excluding carboxylic acids is 1. The van der Waals surface area contributed by atoms with E-state index in [9.17, 15) is 4.79 Å². The van der Waals surface area contributed by atoms with Crippen LogP contribution in [-0.2, 0) is 30.5 Å². The van der Waals surface area contributed by atoms with Crippen molar-refractivity contribution in [3.05, 3.63) is 34.0 Å². The Morgan fingerprint density at radius 2 is 2.12 bits per heavy atom. The maximum Gasteiger partial charge on any atom is 0.272 e. The largest absolute Gasteiger partial charge is 0.369 e. The van der Waals surface area contributed by atoms with Crippen LogP contribution in [-0.4, -0.2) is 27.4 Å². The number of fused-ring (bicyclic) bond motifs is 1. The third kappa shape index (κ3) is 2.96. The van der Waals surface area contributed by atoms with Gasteiger partial charge in [-0.3, -0.25) is 9.89 Å². The first-order valence-electron chi connectivity index (χ1n) is 8.52. The predicted octanol–water partition coefficient (Wildman–Crippen LogP) is 2.47. The monoisotopic (exact) mass is 332 g/mol. The molecule has 0 bridgehead atoms. The van der Waals surface area contributed by atoms with Gasteiger partial charge in [-0.15, -0.1) is 0 Å². The van der Waals surface area contributed by atoms with Gasteiger partial charge in [-0.2, -0.15) is 5.10 Å². The van der Waals surface area contributed by atoms with Gasteiger partial charge in [0.1, 0.15) is 5.76 Å². The van der Waals surface area contributed by atoms with E-state index >= 15 is 0 Å². The SMILES string of the molecule is CCc1noc(CC)c1CNC(=O)c1n[nH]c2c1C[C@H](C)O[C@@H]2C. The van der Waals surface area contributed by atoms with Crippen molar-refractivity contribution in [1.82, 2.24) is 20.7 Å². The van der Waals surface area contributed by atoms with E-state index in [0.29, 0.717) is 18.7 Å². The Kier molecular flexibility index (Phi) is 4.71. The van der Waals surface area contributed by atoms with Gasteiger partial charge in [0.25, 0.3) is 5.91 Å². The van der Waals surface area contributed by atoms with Crippen molar-refractivity contribution < 1.29 is 14.1 Å². The van der Waals surface area contributed by atoms with Crippen LogP contribution < -0.4 is 5.32 Å². The summed E-state index contributed by atoms with van der Waals surface area (Å²) in [6.07, 6.45) is 2.22. The average Bonchev–Trinajstić information content (AvgIpc) is 3.15. The molecule has 0 unspecified atom stereocenters. The molecule has 0 fully saturated rings. The summed E-state index contributed by atoms with van der Waals surface area (Å²) in [6.45, 7) is 8.41. The van der Waals surface area contributed by atoms with E-state index in [-0.39, 0.29) is 18.1 Å². The van der Waals surface area contributed by atoms with Gasteiger partial charge in [0.15, 0.2) is 5.69 Å². The Labute approximate surface area is 141 Å². The zero-order valence-corrected chi connectivity index (χ0v) is 14.6. The minimum absolute atomic E-state index is 0.0748. The highest BCUT2D eigenvalue weighted by Gasteiger charge is 2.29. The second kappa shape index (κ2) is 6.76. The molecule has 0 aliphatic carbocycles. The summed E-state index contributed by atoms with van der Waals surface area (Å²) in [5.41, 5.74) is 4.18. The minimum atomic E-state index is -0.181. The molecule has 3 heterocycles. The van der Waals surface area contributed by atoms with Crippen LogP contribution in [0, 0.1) is 0 Å². The number of carbonyl (C=O) groups is 1. The van der Waals surface area contributed by atoms with Gasteiger partial charge >= 0.3 is 0 Å². The number of rotatable bonds is 5. The Morgan fingerprint density at radius 1 is 1.33 bits per heavy atom. The standard InChI is InChI=1S/C17H24N4O3/c1-5-13-12(14(6-2)24-21-13)8-18-17(22)16-11-7-9(3)23-10(4)15(11)19-20-16/h9-10H,5-8H2,1-4H3,(H,18,22)(H,19,20)/t9-,10+/m0/s1. The third-order valence-corrected chi connectivity index (χ3v) is 4.48. The number of hydrogen-bond acceptors (Lipinski definition) is 5. The van der Waals surface area contributed by atoms with Crippen LogP contribution in [0.4, 0.5) is 0 Å². The van der Waals surface area contributed by atoms with Gasteiger partial charge in [0.2, 0.25) is 0 Å². The normalized spacial score (nSPS) is 20.0. The van der Waals surface area contributed by atoms with Gasteiger partial charge in [-0.1, -0.05) is 19.0 Å². The quantitative estimate of drug-likeness (QED) is 0.877.